The van der Waals surface area contributed by atoms with Crippen LogP contribution in [0.3, 0.4) is 0 Å². The van der Waals surface area contributed by atoms with Crippen LogP contribution >= 0.6 is 0 Å². The van der Waals surface area contributed by atoms with Crippen LogP contribution < -0.4 is 0 Å². The van der Waals surface area contributed by atoms with Gasteiger partial charge in [0.05, 0.1) is 6.61 Å². The van der Waals surface area contributed by atoms with Crippen LogP contribution in [0.5, 0.6) is 0 Å². The third-order valence-corrected chi connectivity index (χ3v) is 3.57. The lowest BCUT2D eigenvalue weighted by molar-refractivity contribution is -0.310. The van der Waals surface area contributed by atoms with Crippen LogP contribution in [0.25, 0.3) is 0 Å². The van der Waals surface area contributed by atoms with E-state index in [-0.39, 0.29) is 5.97 Å². The third kappa shape index (κ3) is 6.73. The van der Waals surface area contributed by atoms with Gasteiger partial charge in [-0.05, 0) is 12.5 Å². The first kappa shape index (κ1) is 15.3. The van der Waals surface area contributed by atoms with E-state index in [4.69, 9.17) is 18.6 Å². The quantitative estimate of drug-likeness (QED) is 0.196. The number of carbonyl (C=O) groups excluding carboxylic acids is 1. The molecule has 0 heterocycles. The minimum atomic E-state index is -0.940. The topological polar surface area (TPSA) is 54.0 Å². The molecule has 0 aliphatic carbocycles. The van der Waals surface area contributed by atoms with Crippen LogP contribution in [0.1, 0.15) is 13.3 Å². The molecule has 6 heteroatoms. The molecule has 0 radical (unpaired) electrons. The highest BCUT2D eigenvalue weighted by Gasteiger charge is 2.22. The minimum Gasteiger partial charge on any atom is -0.463 e. The molecule has 0 aliphatic heterocycles. The van der Waals surface area contributed by atoms with Crippen molar-refractivity contribution in [1.29, 1.82) is 0 Å². The summed E-state index contributed by atoms with van der Waals surface area (Å²) in [5, 5.41) is 0. The van der Waals surface area contributed by atoms with Crippen LogP contribution in [0.4, 0.5) is 0 Å². The van der Waals surface area contributed by atoms with Gasteiger partial charge in [-0.15, -0.1) is 0 Å². The Morgan fingerprint density at radius 2 is 2.06 bits per heavy atom. The lowest BCUT2D eigenvalue weighted by Gasteiger charge is -2.26. The SMILES string of the molecule is C=CC(=O)OCCC[SiH2]OC(C)(OC)OC. The molecular weight excluding hydrogens is 228 g/mol. The number of esters is 1. The molecule has 0 amide bonds. The molecule has 0 unspecified atom stereocenters. The molecule has 0 atom stereocenters. The summed E-state index contributed by atoms with van der Waals surface area (Å²) in [5.74, 6) is -1.33. The Morgan fingerprint density at radius 1 is 1.44 bits per heavy atom. The second-order valence-electron chi connectivity index (χ2n) is 3.20. The fourth-order valence-electron chi connectivity index (χ4n) is 0.895. The standard InChI is InChI=1S/C10H20O5Si/c1-5-9(11)14-7-6-8-16-15-10(2,12-3)13-4/h5H,1,6-8,16H2,2-4H3. The summed E-state index contributed by atoms with van der Waals surface area (Å²) in [6.07, 6.45) is 1.94. The van der Waals surface area contributed by atoms with Crippen LogP contribution in [0, 0.1) is 0 Å². The van der Waals surface area contributed by atoms with Crippen molar-refractivity contribution >= 4 is 15.7 Å². The first-order valence-electron chi connectivity index (χ1n) is 5.11. The van der Waals surface area contributed by atoms with Gasteiger partial charge in [-0.25, -0.2) is 4.79 Å². The molecule has 0 spiro atoms. The van der Waals surface area contributed by atoms with Crippen molar-refractivity contribution in [2.45, 2.75) is 25.4 Å². The summed E-state index contributed by atoms with van der Waals surface area (Å²) in [4.78, 5) is 10.7. The molecule has 0 aromatic carbocycles. The Kier molecular flexibility index (Phi) is 8.09. The van der Waals surface area contributed by atoms with Crippen molar-refractivity contribution in [3.8, 4) is 0 Å². The maximum absolute atomic E-state index is 10.7. The molecule has 0 aromatic heterocycles. The summed E-state index contributed by atoms with van der Waals surface area (Å²) in [6, 6.07) is 0.896. The smallest absolute Gasteiger partial charge is 0.330 e. The van der Waals surface area contributed by atoms with Crippen molar-refractivity contribution in [1.82, 2.24) is 0 Å². The molecule has 0 saturated carbocycles. The summed E-state index contributed by atoms with van der Waals surface area (Å²) >= 11 is 0. The molecule has 0 aliphatic rings. The molecule has 0 fully saturated rings. The molecular formula is C10H20O5Si. The normalized spacial score (nSPS) is 11.9. The van der Waals surface area contributed by atoms with Gasteiger partial charge in [0.1, 0.15) is 0 Å². The van der Waals surface area contributed by atoms with E-state index in [0.717, 1.165) is 18.5 Å². The van der Waals surface area contributed by atoms with E-state index in [2.05, 4.69) is 6.58 Å². The monoisotopic (exact) mass is 248 g/mol. The van der Waals surface area contributed by atoms with Gasteiger partial charge in [-0.1, -0.05) is 6.58 Å². The van der Waals surface area contributed by atoms with Gasteiger partial charge in [0.25, 0.3) is 5.97 Å². The van der Waals surface area contributed by atoms with E-state index < -0.39 is 15.7 Å². The molecule has 0 bridgehead atoms. The van der Waals surface area contributed by atoms with Crippen LogP contribution in [-0.4, -0.2) is 42.5 Å². The highest BCUT2D eigenvalue weighted by molar-refractivity contribution is 6.27. The highest BCUT2D eigenvalue weighted by atomic mass is 28.2. The molecule has 5 nitrogen and oxygen atoms in total. The van der Waals surface area contributed by atoms with Gasteiger partial charge >= 0.3 is 5.97 Å². The number of methoxy groups -OCH3 is 2. The summed E-state index contributed by atoms with van der Waals surface area (Å²) < 4.78 is 20.4. The van der Waals surface area contributed by atoms with Crippen molar-refractivity contribution in [3.63, 3.8) is 0 Å². The van der Waals surface area contributed by atoms with Gasteiger partial charge in [0.2, 0.25) is 0 Å². The molecule has 0 N–H and O–H groups in total. The highest BCUT2D eigenvalue weighted by Crippen LogP contribution is 2.11. The number of hydrogen-bond acceptors (Lipinski definition) is 5. The minimum absolute atomic E-state index is 0.388. The Labute approximate surface area is 98.6 Å². The first-order chi connectivity index (χ1) is 7.58. The summed E-state index contributed by atoms with van der Waals surface area (Å²) in [6.45, 7) is 5.43. The van der Waals surface area contributed by atoms with E-state index >= 15 is 0 Å². The zero-order valence-electron chi connectivity index (χ0n) is 10.2. The fraction of sp³-hybridized carbons (Fsp3) is 0.700. The first-order valence-corrected chi connectivity index (χ1v) is 6.69. The lowest BCUT2D eigenvalue weighted by Crippen LogP contribution is -2.34. The Hall–Kier alpha value is -0.693. The van der Waals surface area contributed by atoms with E-state index in [1.54, 1.807) is 6.92 Å². The number of ether oxygens (including phenoxy) is 3. The summed E-state index contributed by atoms with van der Waals surface area (Å²) in [5.41, 5.74) is 0. The second kappa shape index (κ2) is 8.46. The van der Waals surface area contributed by atoms with E-state index in [1.165, 1.54) is 14.2 Å². The third-order valence-electron chi connectivity index (χ3n) is 2.06. The maximum atomic E-state index is 10.7. The van der Waals surface area contributed by atoms with Crippen molar-refractivity contribution in [3.05, 3.63) is 12.7 Å². The lowest BCUT2D eigenvalue weighted by atomic mass is 10.5. The number of rotatable bonds is 9. The van der Waals surface area contributed by atoms with Gasteiger partial charge in [0.15, 0.2) is 9.76 Å². The van der Waals surface area contributed by atoms with Crippen molar-refractivity contribution in [2.75, 3.05) is 20.8 Å². The fourth-order valence-corrected chi connectivity index (χ4v) is 2.05. The van der Waals surface area contributed by atoms with E-state index in [1.807, 2.05) is 0 Å². The van der Waals surface area contributed by atoms with Crippen LogP contribution in [0.15, 0.2) is 12.7 Å². The van der Waals surface area contributed by atoms with Crippen molar-refractivity contribution in [2.24, 2.45) is 0 Å². The Morgan fingerprint density at radius 3 is 2.56 bits per heavy atom. The molecule has 94 valence electrons. The summed E-state index contributed by atoms with van der Waals surface area (Å²) in [7, 11) is 2.33. The van der Waals surface area contributed by atoms with Gasteiger partial charge in [-0.2, -0.15) is 0 Å². The van der Waals surface area contributed by atoms with Crippen LogP contribution in [-0.2, 0) is 23.4 Å². The molecule has 0 rings (SSSR count). The average molecular weight is 248 g/mol. The zero-order valence-corrected chi connectivity index (χ0v) is 11.6. The van der Waals surface area contributed by atoms with Crippen LogP contribution in [0.2, 0.25) is 6.04 Å². The zero-order chi connectivity index (χ0) is 12.4. The number of carbonyl (C=O) groups is 1. The molecule has 0 aromatic rings. The second-order valence-corrected chi connectivity index (χ2v) is 4.60. The number of hydrogen-bond donors (Lipinski definition) is 0. The van der Waals surface area contributed by atoms with E-state index in [9.17, 15) is 4.79 Å². The predicted molar refractivity (Wildman–Crippen MR) is 62.6 cm³/mol. The average Bonchev–Trinajstić information content (AvgIpc) is 2.32. The van der Waals surface area contributed by atoms with Gasteiger partial charge in [-0.3, -0.25) is 0 Å². The predicted octanol–water partition coefficient (Wildman–Crippen LogP) is 0.591. The van der Waals surface area contributed by atoms with Crippen molar-refractivity contribution < 1.29 is 23.4 Å². The maximum Gasteiger partial charge on any atom is 0.330 e. The molecule has 16 heavy (non-hydrogen) atoms. The molecule has 0 saturated heterocycles. The van der Waals surface area contributed by atoms with E-state index in [0.29, 0.717) is 6.61 Å². The Bertz CT molecular complexity index is 215. The largest absolute Gasteiger partial charge is 0.463 e. The Balaban J connectivity index is 3.46. The van der Waals surface area contributed by atoms with Gasteiger partial charge < -0.3 is 18.6 Å². The van der Waals surface area contributed by atoms with Gasteiger partial charge in [0, 0.05) is 27.2 Å².